The van der Waals surface area contributed by atoms with Gasteiger partial charge in [-0.3, -0.25) is 0 Å². The zero-order chi connectivity index (χ0) is 12.5. The predicted molar refractivity (Wildman–Crippen MR) is 69.3 cm³/mol. The zero-order valence-electron chi connectivity index (χ0n) is 10.3. The Hall–Kier alpha value is 0.160. The van der Waals surface area contributed by atoms with E-state index in [1.54, 1.807) is 11.4 Å². The SMILES string of the molecule is CN(CCCCl)S(=O)(=O)N1CC2CCCC2C1. The molecule has 1 saturated carbocycles. The number of rotatable bonds is 5. The molecular weight excluding hydrogens is 260 g/mol. The maximum Gasteiger partial charge on any atom is 0.281 e. The average molecular weight is 281 g/mol. The van der Waals surface area contributed by atoms with Crippen LogP contribution in [0.1, 0.15) is 25.7 Å². The zero-order valence-corrected chi connectivity index (χ0v) is 11.9. The van der Waals surface area contributed by atoms with Gasteiger partial charge in [0, 0.05) is 32.6 Å². The quantitative estimate of drug-likeness (QED) is 0.717. The molecule has 1 heterocycles. The summed E-state index contributed by atoms with van der Waals surface area (Å²) in [5.74, 6) is 1.71. The Morgan fingerprint density at radius 2 is 1.88 bits per heavy atom. The van der Waals surface area contributed by atoms with Crippen molar-refractivity contribution in [1.29, 1.82) is 0 Å². The van der Waals surface area contributed by atoms with E-state index in [9.17, 15) is 8.42 Å². The molecule has 2 atom stereocenters. The first-order valence-electron chi connectivity index (χ1n) is 6.33. The van der Waals surface area contributed by atoms with Crippen molar-refractivity contribution >= 4 is 21.8 Å². The van der Waals surface area contributed by atoms with E-state index in [4.69, 9.17) is 11.6 Å². The first kappa shape index (κ1) is 13.6. The van der Waals surface area contributed by atoms with Crippen LogP contribution >= 0.6 is 11.6 Å². The Labute approximate surface area is 109 Å². The third-order valence-corrected chi connectivity index (χ3v) is 6.21. The van der Waals surface area contributed by atoms with Crippen molar-refractivity contribution in [3.63, 3.8) is 0 Å². The first-order chi connectivity index (χ1) is 8.05. The van der Waals surface area contributed by atoms with Gasteiger partial charge in [-0.1, -0.05) is 6.42 Å². The lowest BCUT2D eigenvalue weighted by Crippen LogP contribution is -2.41. The molecule has 0 spiro atoms. The Morgan fingerprint density at radius 1 is 1.29 bits per heavy atom. The molecule has 4 nitrogen and oxygen atoms in total. The van der Waals surface area contributed by atoms with Gasteiger partial charge in [-0.15, -0.1) is 11.6 Å². The van der Waals surface area contributed by atoms with Crippen LogP contribution in [-0.4, -0.2) is 49.6 Å². The van der Waals surface area contributed by atoms with Crippen molar-refractivity contribution in [3.05, 3.63) is 0 Å². The average Bonchev–Trinajstić information content (AvgIpc) is 2.85. The fourth-order valence-corrected chi connectivity index (χ4v) is 4.61. The molecule has 1 saturated heterocycles. The van der Waals surface area contributed by atoms with Crippen molar-refractivity contribution in [2.45, 2.75) is 25.7 Å². The van der Waals surface area contributed by atoms with E-state index in [1.807, 2.05) is 0 Å². The van der Waals surface area contributed by atoms with E-state index in [2.05, 4.69) is 0 Å². The minimum absolute atomic E-state index is 0.505. The summed E-state index contributed by atoms with van der Waals surface area (Å²) in [6.07, 6.45) is 4.37. The third-order valence-electron chi connectivity index (χ3n) is 4.02. The van der Waals surface area contributed by atoms with Crippen molar-refractivity contribution in [2.75, 3.05) is 32.6 Å². The van der Waals surface area contributed by atoms with Crippen LogP contribution in [0.4, 0.5) is 0 Å². The Kier molecular flexibility index (Phi) is 4.34. The normalized spacial score (nSPS) is 30.1. The molecule has 0 N–H and O–H groups in total. The van der Waals surface area contributed by atoms with E-state index in [-0.39, 0.29) is 0 Å². The molecular formula is C11H21ClN2O2S. The summed E-state index contributed by atoms with van der Waals surface area (Å²) < 4.78 is 27.7. The topological polar surface area (TPSA) is 40.6 Å². The van der Waals surface area contributed by atoms with Gasteiger partial charge >= 0.3 is 0 Å². The van der Waals surface area contributed by atoms with Crippen LogP contribution in [0.3, 0.4) is 0 Å². The van der Waals surface area contributed by atoms with Gasteiger partial charge in [-0.2, -0.15) is 17.0 Å². The Balaban J connectivity index is 1.97. The largest absolute Gasteiger partial charge is 0.281 e. The summed E-state index contributed by atoms with van der Waals surface area (Å²) in [6.45, 7) is 1.95. The summed E-state index contributed by atoms with van der Waals surface area (Å²) in [6, 6.07) is 0. The second-order valence-electron chi connectivity index (χ2n) is 5.14. The molecule has 100 valence electrons. The highest BCUT2D eigenvalue weighted by Gasteiger charge is 2.41. The minimum Gasteiger partial charge on any atom is -0.195 e. The lowest BCUT2D eigenvalue weighted by atomic mass is 10.0. The molecule has 0 aromatic carbocycles. The van der Waals surface area contributed by atoms with E-state index in [0.717, 1.165) is 13.1 Å². The number of hydrogen-bond acceptors (Lipinski definition) is 2. The molecule has 2 rings (SSSR count). The smallest absolute Gasteiger partial charge is 0.195 e. The molecule has 0 bridgehead atoms. The summed E-state index contributed by atoms with van der Waals surface area (Å²) in [5, 5.41) is 0. The molecule has 0 aromatic heterocycles. The van der Waals surface area contributed by atoms with Crippen LogP contribution in [0.2, 0.25) is 0 Å². The summed E-state index contributed by atoms with van der Waals surface area (Å²) in [4.78, 5) is 0. The maximum absolute atomic E-state index is 12.3. The highest BCUT2D eigenvalue weighted by Crippen LogP contribution is 2.38. The lowest BCUT2D eigenvalue weighted by molar-refractivity contribution is 0.380. The molecule has 17 heavy (non-hydrogen) atoms. The van der Waals surface area contributed by atoms with Crippen LogP contribution in [0.25, 0.3) is 0 Å². The third kappa shape index (κ3) is 2.78. The number of fused-ring (bicyclic) bond motifs is 1. The van der Waals surface area contributed by atoms with E-state index in [1.165, 1.54) is 23.6 Å². The number of alkyl halides is 1. The summed E-state index contributed by atoms with van der Waals surface area (Å²) >= 11 is 5.60. The summed E-state index contributed by atoms with van der Waals surface area (Å²) in [7, 11) is -1.60. The van der Waals surface area contributed by atoms with Gasteiger partial charge in [0.15, 0.2) is 0 Å². The van der Waals surface area contributed by atoms with Crippen LogP contribution in [0.15, 0.2) is 0 Å². The molecule has 2 fully saturated rings. The molecule has 6 heteroatoms. The highest BCUT2D eigenvalue weighted by atomic mass is 35.5. The van der Waals surface area contributed by atoms with Crippen molar-refractivity contribution in [1.82, 2.24) is 8.61 Å². The van der Waals surface area contributed by atoms with Crippen molar-refractivity contribution in [3.8, 4) is 0 Å². The van der Waals surface area contributed by atoms with Crippen molar-refractivity contribution < 1.29 is 8.42 Å². The number of hydrogen-bond donors (Lipinski definition) is 0. The molecule has 1 aliphatic carbocycles. The molecule has 2 unspecified atom stereocenters. The van der Waals surface area contributed by atoms with Gasteiger partial charge in [-0.25, -0.2) is 0 Å². The van der Waals surface area contributed by atoms with Gasteiger partial charge in [0.25, 0.3) is 10.2 Å². The summed E-state index contributed by atoms with van der Waals surface area (Å²) in [5.41, 5.74) is 0. The lowest BCUT2D eigenvalue weighted by Gasteiger charge is -2.24. The maximum atomic E-state index is 12.3. The van der Waals surface area contributed by atoms with E-state index < -0.39 is 10.2 Å². The standard InChI is InChI=1S/C11H21ClN2O2S/c1-13(7-3-6-12)17(15,16)14-8-10-4-2-5-11(10)9-14/h10-11H,2-9H2,1H3. The molecule has 0 amide bonds. The van der Waals surface area contributed by atoms with E-state index >= 15 is 0 Å². The van der Waals surface area contributed by atoms with Gasteiger partial charge in [0.2, 0.25) is 0 Å². The van der Waals surface area contributed by atoms with Gasteiger partial charge < -0.3 is 0 Å². The highest BCUT2D eigenvalue weighted by molar-refractivity contribution is 7.86. The second-order valence-corrected chi connectivity index (χ2v) is 7.55. The molecule has 2 aliphatic rings. The molecule has 0 radical (unpaired) electrons. The monoisotopic (exact) mass is 280 g/mol. The van der Waals surface area contributed by atoms with Crippen LogP contribution in [-0.2, 0) is 10.2 Å². The first-order valence-corrected chi connectivity index (χ1v) is 8.26. The Morgan fingerprint density at radius 3 is 2.41 bits per heavy atom. The van der Waals surface area contributed by atoms with Gasteiger partial charge in [0.05, 0.1) is 0 Å². The molecule has 0 aromatic rings. The predicted octanol–water partition coefficient (Wildman–Crippen LogP) is 1.52. The van der Waals surface area contributed by atoms with Gasteiger partial charge in [0.1, 0.15) is 0 Å². The van der Waals surface area contributed by atoms with Crippen LogP contribution < -0.4 is 0 Å². The minimum atomic E-state index is -3.24. The van der Waals surface area contributed by atoms with Crippen LogP contribution in [0, 0.1) is 11.8 Å². The van der Waals surface area contributed by atoms with E-state index in [0.29, 0.717) is 30.7 Å². The number of nitrogens with zero attached hydrogens (tertiary/aromatic N) is 2. The van der Waals surface area contributed by atoms with Crippen LogP contribution in [0.5, 0.6) is 0 Å². The fourth-order valence-electron chi connectivity index (χ4n) is 2.98. The second kappa shape index (κ2) is 5.43. The van der Waals surface area contributed by atoms with Crippen molar-refractivity contribution in [2.24, 2.45) is 11.8 Å². The fraction of sp³-hybridized carbons (Fsp3) is 1.00. The molecule has 1 aliphatic heterocycles. The van der Waals surface area contributed by atoms with Gasteiger partial charge in [-0.05, 0) is 31.1 Å². The number of halogens is 1. The Bertz CT molecular complexity index is 348.